The van der Waals surface area contributed by atoms with Gasteiger partial charge in [0.05, 0.1) is 24.3 Å². The van der Waals surface area contributed by atoms with Gasteiger partial charge >= 0.3 is 5.97 Å². The lowest BCUT2D eigenvalue weighted by atomic mass is 10.2. The number of methoxy groups -OCH3 is 1. The number of hydrogen-bond donors (Lipinski definition) is 0. The molecular weight excluding hydrogens is 261 g/mol. The first-order valence-corrected chi connectivity index (χ1v) is 5.70. The van der Waals surface area contributed by atoms with Gasteiger partial charge in [0.15, 0.2) is 11.6 Å². The molecule has 0 aliphatic carbocycles. The molecule has 0 bridgehead atoms. The van der Waals surface area contributed by atoms with Gasteiger partial charge in [-0.1, -0.05) is 6.07 Å². The predicted molar refractivity (Wildman–Crippen MR) is 69.0 cm³/mol. The molecule has 2 aromatic carbocycles. The second-order valence-corrected chi connectivity index (χ2v) is 3.88. The van der Waals surface area contributed by atoms with Crippen LogP contribution in [0.25, 0.3) is 0 Å². The number of nitriles is 1. The Bertz CT molecular complexity index is 692. The summed E-state index contributed by atoms with van der Waals surface area (Å²) in [7, 11) is 1.27. The maximum absolute atomic E-state index is 13.7. The largest absolute Gasteiger partial charge is 0.465 e. The van der Waals surface area contributed by atoms with Gasteiger partial charge in [-0.2, -0.15) is 5.26 Å². The van der Waals surface area contributed by atoms with E-state index >= 15 is 0 Å². The normalized spacial score (nSPS) is 9.65. The van der Waals surface area contributed by atoms with E-state index in [1.165, 1.54) is 25.3 Å². The van der Waals surface area contributed by atoms with Crippen LogP contribution in [-0.4, -0.2) is 13.1 Å². The van der Waals surface area contributed by atoms with Crippen molar-refractivity contribution in [3.05, 3.63) is 59.4 Å². The first kappa shape index (κ1) is 13.6. The molecule has 20 heavy (non-hydrogen) atoms. The monoisotopic (exact) mass is 271 g/mol. The lowest BCUT2D eigenvalue weighted by Gasteiger charge is -2.08. The van der Waals surface area contributed by atoms with E-state index in [0.29, 0.717) is 11.3 Å². The van der Waals surface area contributed by atoms with Crippen molar-refractivity contribution < 1.29 is 18.7 Å². The fraction of sp³-hybridized carbons (Fsp3) is 0.0667. The number of rotatable bonds is 3. The summed E-state index contributed by atoms with van der Waals surface area (Å²) in [6.07, 6.45) is 0. The van der Waals surface area contributed by atoms with Gasteiger partial charge in [-0.15, -0.1) is 0 Å². The predicted octanol–water partition coefficient (Wildman–Crippen LogP) is 3.28. The van der Waals surface area contributed by atoms with Gasteiger partial charge < -0.3 is 9.47 Å². The van der Waals surface area contributed by atoms with Crippen LogP contribution >= 0.6 is 0 Å². The third-order valence-electron chi connectivity index (χ3n) is 2.54. The van der Waals surface area contributed by atoms with Crippen molar-refractivity contribution in [3.8, 4) is 17.6 Å². The fourth-order valence-electron chi connectivity index (χ4n) is 1.58. The van der Waals surface area contributed by atoms with E-state index in [0.717, 1.165) is 6.07 Å². The van der Waals surface area contributed by atoms with Crippen molar-refractivity contribution in [1.29, 1.82) is 5.26 Å². The molecule has 0 heterocycles. The molecule has 0 spiro atoms. The molecule has 0 aliphatic rings. The van der Waals surface area contributed by atoms with E-state index < -0.39 is 11.8 Å². The molecule has 0 N–H and O–H groups in total. The Morgan fingerprint density at radius 3 is 2.70 bits per heavy atom. The van der Waals surface area contributed by atoms with E-state index in [1.54, 1.807) is 18.2 Å². The first-order chi connectivity index (χ1) is 9.63. The molecule has 4 nitrogen and oxygen atoms in total. The van der Waals surface area contributed by atoms with Gasteiger partial charge in [0.25, 0.3) is 0 Å². The minimum Gasteiger partial charge on any atom is -0.465 e. The molecule has 0 aliphatic heterocycles. The van der Waals surface area contributed by atoms with Crippen LogP contribution in [-0.2, 0) is 4.74 Å². The summed E-state index contributed by atoms with van der Waals surface area (Å²) in [5.41, 5.74) is 0.511. The van der Waals surface area contributed by atoms with Gasteiger partial charge in [-0.3, -0.25) is 0 Å². The van der Waals surface area contributed by atoms with Crippen LogP contribution in [0.1, 0.15) is 15.9 Å². The summed E-state index contributed by atoms with van der Waals surface area (Å²) in [6.45, 7) is 0. The van der Waals surface area contributed by atoms with Crippen molar-refractivity contribution in [2.24, 2.45) is 0 Å². The minimum atomic E-state index is -0.646. The van der Waals surface area contributed by atoms with Gasteiger partial charge in [-0.05, 0) is 36.4 Å². The highest BCUT2D eigenvalue weighted by Gasteiger charge is 2.09. The smallest absolute Gasteiger partial charge is 0.337 e. The minimum absolute atomic E-state index is 0.0222. The Hall–Kier alpha value is -2.87. The molecule has 100 valence electrons. The second kappa shape index (κ2) is 5.85. The van der Waals surface area contributed by atoms with Crippen LogP contribution in [0.3, 0.4) is 0 Å². The van der Waals surface area contributed by atoms with Crippen LogP contribution in [0, 0.1) is 17.1 Å². The number of halogens is 1. The Labute approximate surface area is 115 Å². The summed E-state index contributed by atoms with van der Waals surface area (Å²) in [6, 6.07) is 11.9. The average molecular weight is 271 g/mol. The molecule has 0 aromatic heterocycles. The maximum Gasteiger partial charge on any atom is 0.337 e. The van der Waals surface area contributed by atoms with Gasteiger partial charge in [0, 0.05) is 0 Å². The van der Waals surface area contributed by atoms with Crippen molar-refractivity contribution in [1.82, 2.24) is 0 Å². The molecular formula is C15H10FNO3. The standard InChI is InChI=1S/C15H10FNO3/c1-19-15(18)11-3-2-4-12(8-11)20-14-6-5-10(9-17)7-13(14)16/h2-8H,1H3. The van der Waals surface area contributed by atoms with Crippen LogP contribution in [0.4, 0.5) is 4.39 Å². The summed E-state index contributed by atoms with van der Waals surface area (Å²) in [5.74, 6) is -0.870. The topological polar surface area (TPSA) is 59.3 Å². The Morgan fingerprint density at radius 2 is 2.05 bits per heavy atom. The number of benzene rings is 2. The SMILES string of the molecule is COC(=O)c1cccc(Oc2ccc(C#N)cc2F)c1. The Kier molecular flexibility index (Phi) is 3.96. The molecule has 0 unspecified atom stereocenters. The first-order valence-electron chi connectivity index (χ1n) is 5.70. The van der Waals surface area contributed by atoms with Crippen molar-refractivity contribution in [2.45, 2.75) is 0 Å². The van der Waals surface area contributed by atoms with Gasteiger partial charge in [-0.25, -0.2) is 9.18 Å². The molecule has 0 saturated heterocycles. The number of hydrogen-bond acceptors (Lipinski definition) is 4. The molecule has 0 saturated carbocycles. The molecule has 2 rings (SSSR count). The highest BCUT2D eigenvalue weighted by Crippen LogP contribution is 2.25. The Balaban J connectivity index is 2.26. The molecule has 0 amide bonds. The van der Waals surface area contributed by atoms with E-state index in [4.69, 9.17) is 10.00 Å². The highest BCUT2D eigenvalue weighted by atomic mass is 19.1. The van der Waals surface area contributed by atoms with E-state index in [1.807, 2.05) is 6.07 Å². The summed E-state index contributed by atoms with van der Waals surface area (Å²) in [4.78, 5) is 11.4. The summed E-state index contributed by atoms with van der Waals surface area (Å²) in [5, 5.41) is 8.66. The van der Waals surface area contributed by atoms with Crippen LogP contribution < -0.4 is 4.74 Å². The Morgan fingerprint density at radius 1 is 1.25 bits per heavy atom. The lowest BCUT2D eigenvalue weighted by molar-refractivity contribution is 0.0600. The quantitative estimate of drug-likeness (QED) is 0.804. The van der Waals surface area contributed by atoms with Gasteiger partial charge in [0.1, 0.15) is 5.75 Å². The number of carbonyl (C=O) groups excluding carboxylic acids is 1. The van der Waals surface area contributed by atoms with Crippen LogP contribution in [0.2, 0.25) is 0 Å². The van der Waals surface area contributed by atoms with Crippen LogP contribution in [0.15, 0.2) is 42.5 Å². The third kappa shape index (κ3) is 2.93. The number of carbonyl (C=O) groups is 1. The zero-order chi connectivity index (χ0) is 14.5. The molecule has 0 radical (unpaired) electrons. The maximum atomic E-state index is 13.7. The van der Waals surface area contributed by atoms with Gasteiger partial charge in [0.2, 0.25) is 0 Å². The van der Waals surface area contributed by atoms with Crippen molar-refractivity contribution in [3.63, 3.8) is 0 Å². The van der Waals surface area contributed by atoms with Crippen molar-refractivity contribution in [2.75, 3.05) is 7.11 Å². The molecule has 0 fully saturated rings. The number of nitrogens with zero attached hydrogens (tertiary/aromatic N) is 1. The van der Waals surface area contributed by atoms with E-state index in [9.17, 15) is 9.18 Å². The molecule has 0 atom stereocenters. The zero-order valence-electron chi connectivity index (χ0n) is 10.6. The molecule has 5 heteroatoms. The number of ether oxygens (including phenoxy) is 2. The average Bonchev–Trinajstić information content (AvgIpc) is 2.48. The van der Waals surface area contributed by atoms with Crippen molar-refractivity contribution >= 4 is 5.97 Å². The summed E-state index contributed by atoms with van der Waals surface area (Å²) >= 11 is 0. The van der Waals surface area contributed by atoms with E-state index in [-0.39, 0.29) is 11.3 Å². The fourth-order valence-corrected chi connectivity index (χ4v) is 1.58. The lowest BCUT2D eigenvalue weighted by Crippen LogP contribution is -2.01. The number of esters is 1. The third-order valence-corrected chi connectivity index (χ3v) is 2.54. The zero-order valence-corrected chi connectivity index (χ0v) is 10.6. The van der Waals surface area contributed by atoms with E-state index in [2.05, 4.69) is 4.74 Å². The van der Waals surface area contributed by atoms with Crippen LogP contribution in [0.5, 0.6) is 11.5 Å². The summed E-state index contributed by atoms with van der Waals surface area (Å²) < 4.78 is 23.6. The second-order valence-electron chi connectivity index (χ2n) is 3.88. The molecule has 2 aromatic rings. The highest BCUT2D eigenvalue weighted by molar-refractivity contribution is 5.89.